The molecule has 1 aliphatic carbocycles. The molecule has 1 aliphatic heterocycles. The summed E-state index contributed by atoms with van der Waals surface area (Å²) in [5, 5.41) is 7.30. The van der Waals surface area contributed by atoms with E-state index in [9.17, 15) is 4.39 Å². The maximum Gasteiger partial charge on any atom is 0.123 e. The summed E-state index contributed by atoms with van der Waals surface area (Å²) >= 11 is 0. The van der Waals surface area contributed by atoms with Crippen LogP contribution in [-0.4, -0.2) is 28.2 Å². The van der Waals surface area contributed by atoms with Gasteiger partial charge in [0.25, 0.3) is 0 Å². The van der Waals surface area contributed by atoms with Gasteiger partial charge in [0.1, 0.15) is 5.82 Å². The van der Waals surface area contributed by atoms with Gasteiger partial charge in [-0.25, -0.2) is 4.39 Å². The molecule has 2 aromatic rings. The number of hydrogen-bond acceptors (Lipinski definition) is 2. The third-order valence-corrected chi connectivity index (χ3v) is 5.15. The van der Waals surface area contributed by atoms with Crippen LogP contribution in [0.25, 0.3) is 0 Å². The smallest absolute Gasteiger partial charge is 0.123 e. The number of hydrogen-bond donors (Lipinski definition) is 1. The first-order valence-corrected chi connectivity index (χ1v) is 7.80. The Bertz CT molecular complexity index is 645. The van der Waals surface area contributed by atoms with Gasteiger partial charge < -0.3 is 0 Å². The van der Waals surface area contributed by atoms with Crippen LogP contribution in [-0.2, 0) is 18.4 Å². The van der Waals surface area contributed by atoms with Crippen LogP contribution >= 0.6 is 0 Å². The Hall–Kier alpha value is -1.68. The number of nitrogens with zero attached hydrogens (tertiary/aromatic N) is 2. The summed E-state index contributed by atoms with van der Waals surface area (Å²) in [7, 11) is 0. The molecule has 1 atom stereocenters. The first-order chi connectivity index (χ1) is 10.3. The normalized spacial score (nSPS) is 26.0. The van der Waals surface area contributed by atoms with Gasteiger partial charge in [0.15, 0.2) is 0 Å². The number of H-pyrrole nitrogens is 1. The zero-order valence-corrected chi connectivity index (χ0v) is 12.1. The fourth-order valence-corrected chi connectivity index (χ4v) is 4.06. The van der Waals surface area contributed by atoms with Gasteiger partial charge in [-0.15, -0.1) is 0 Å². The molecule has 4 heteroatoms. The molecule has 1 fully saturated rings. The van der Waals surface area contributed by atoms with Crippen molar-refractivity contribution in [2.45, 2.75) is 37.6 Å². The van der Waals surface area contributed by atoms with Gasteiger partial charge in [0, 0.05) is 5.69 Å². The van der Waals surface area contributed by atoms with Crippen LogP contribution in [0.5, 0.6) is 0 Å². The van der Waals surface area contributed by atoms with Crippen molar-refractivity contribution in [2.24, 2.45) is 0 Å². The Morgan fingerprint density at radius 2 is 2.10 bits per heavy atom. The van der Waals surface area contributed by atoms with E-state index < -0.39 is 0 Å². The molecule has 4 rings (SSSR count). The fourth-order valence-electron chi connectivity index (χ4n) is 4.06. The Morgan fingerprint density at radius 1 is 1.24 bits per heavy atom. The molecular weight excluding hydrogens is 265 g/mol. The second kappa shape index (κ2) is 4.95. The minimum atomic E-state index is -0.135. The average molecular weight is 285 g/mol. The first-order valence-electron chi connectivity index (χ1n) is 7.80. The lowest BCUT2D eigenvalue weighted by molar-refractivity contribution is 0.0964. The zero-order chi connectivity index (χ0) is 14.3. The van der Waals surface area contributed by atoms with Crippen molar-refractivity contribution in [2.75, 3.05) is 13.1 Å². The molecule has 1 aromatic heterocycles. The van der Waals surface area contributed by atoms with Crippen molar-refractivity contribution in [3.63, 3.8) is 0 Å². The van der Waals surface area contributed by atoms with Crippen molar-refractivity contribution in [3.05, 3.63) is 53.1 Å². The molecular formula is C17H20FN3. The molecule has 3 nitrogen and oxygen atoms in total. The third-order valence-electron chi connectivity index (χ3n) is 5.15. The lowest BCUT2D eigenvalue weighted by atomic mass is 9.74. The molecule has 110 valence electrons. The van der Waals surface area contributed by atoms with E-state index in [1.54, 1.807) is 6.07 Å². The second-order valence-corrected chi connectivity index (χ2v) is 6.29. The van der Waals surface area contributed by atoms with Crippen LogP contribution in [0, 0.1) is 5.82 Å². The highest BCUT2D eigenvalue weighted by Crippen LogP contribution is 2.42. The van der Waals surface area contributed by atoms with Crippen LogP contribution < -0.4 is 0 Å². The molecule has 0 radical (unpaired) electrons. The maximum absolute atomic E-state index is 13.8. The van der Waals surface area contributed by atoms with Crippen LogP contribution in [0.15, 0.2) is 30.5 Å². The minimum Gasteiger partial charge on any atom is -0.293 e. The molecule has 2 aliphatic rings. The summed E-state index contributed by atoms with van der Waals surface area (Å²) in [6.45, 7) is 2.23. The molecule has 0 spiro atoms. The summed E-state index contributed by atoms with van der Waals surface area (Å²) in [4.78, 5) is 2.57. The molecule has 0 amide bonds. The van der Waals surface area contributed by atoms with Gasteiger partial charge in [0.2, 0.25) is 0 Å². The second-order valence-electron chi connectivity index (χ2n) is 6.29. The highest BCUT2D eigenvalue weighted by Gasteiger charge is 2.42. The standard InChI is InChI=1S/C17H20FN3/c18-15-5-3-4-14(10-15)17(21-8-1-2-9-21)7-6-16-13(11-17)12-19-20-16/h3-5,10,12H,1-2,6-9,11H2,(H,19,20). The van der Waals surface area contributed by atoms with Crippen LogP contribution in [0.4, 0.5) is 4.39 Å². The molecule has 0 bridgehead atoms. The molecule has 1 saturated heterocycles. The van der Waals surface area contributed by atoms with Crippen molar-refractivity contribution < 1.29 is 4.39 Å². The number of nitrogens with one attached hydrogen (secondary N) is 1. The topological polar surface area (TPSA) is 31.9 Å². The third kappa shape index (κ3) is 2.09. The van der Waals surface area contributed by atoms with Crippen molar-refractivity contribution >= 4 is 0 Å². The van der Waals surface area contributed by atoms with E-state index in [0.29, 0.717) is 0 Å². The first kappa shape index (κ1) is 13.0. The SMILES string of the molecule is Fc1cccc(C2(N3CCCC3)CCc3[nH]ncc3C2)c1. The minimum absolute atomic E-state index is 0.0600. The highest BCUT2D eigenvalue weighted by molar-refractivity contribution is 5.34. The lowest BCUT2D eigenvalue weighted by Crippen LogP contribution is -2.48. The number of rotatable bonds is 2. The number of aryl methyl sites for hydroxylation is 1. The number of benzene rings is 1. The molecule has 21 heavy (non-hydrogen) atoms. The van der Waals surface area contributed by atoms with Crippen molar-refractivity contribution in [3.8, 4) is 0 Å². The Balaban J connectivity index is 1.80. The predicted molar refractivity (Wildman–Crippen MR) is 79.5 cm³/mol. The summed E-state index contributed by atoms with van der Waals surface area (Å²) in [5.41, 5.74) is 3.60. The fraction of sp³-hybridized carbons (Fsp3) is 0.471. The summed E-state index contributed by atoms with van der Waals surface area (Å²) < 4.78 is 13.8. The Morgan fingerprint density at radius 3 is 2.90 bits per heavy atom. The van der Waals surface area contributed by atoms with Gasteiger partial charge in [-0.3, -0.25) is 10.00 Å². The monoisotopic (exact) mass is 285 g/mol. The van der Waals surface area contributed by atoms with E-state index >= 15 is 0 Å². The summed E-state index contributed by atoms with van der Waals surface area (Å²) in [5.74, 6) is -0.135. The van der Waals surface area contributed by atoms with Crippen LogP contribution in [0.1, 0.15) is 36.1 Å². The molecule has 1 aromatic carbocycles. The highest BCUT2D eigenvalue weighted by atomic mass is 19.1. The molecule has 1 unspecified atom stereocenters. The summed E-state index contributed by atoms with van der Waals surface area (Å²) in [6, 6.07) is 7.19. The molecule has 0 saturated carbocycles. The van der Waals surface area contributed by atoms with Gasteiger partial charge in [-0.05, 0) is 68.5 Å². The van der Waals surface area contributed by atoms with Crippen molar-refractivity contribution in [1.29, 1.82) is 0 Å². The number of aromatic amines is 1. The Kier molecular flexibility index (Phi) is 3.07. The van der Waals surface area contributed by atoms with E-state index in [0.717, 1.165) is 37.9 Å². The quantitative estimate of drug-likeness (QED) is 0.919. The number of fused-ring (bicyclic) bond motifs is 1. The number of likely N-dealkylation sites (tertiary alicyclic amines) is 1. The van der Waals surface area contributed by atoms with Gasteiger partial charge in [-0.2, -0.15) is 5.10 Å². The van der Waals surface area contributed by atoms with Gasteiger partial charge in [0.05, 0.1) is 11.7 Å². The van der Waals surface area contributed by atoms with E-state index in [-0.39, 0.29) is 11.4 Å². The van der Waals surface area contributed by atoms with Gasteiger partial charge >= 0.3 is 0 Å². The van der Waals surface area contributed by atoms with Crippen molar-refractivity contribution in [1.82, 2.24) is 15.1 Å². The van der Waals surface area contributed by atoms with Crippen LogP contribution in [0.3, 0.4) is 0 Å². The predicted octanol–water partition coefficient (Wildman–Crippen LogP) is 3.03. The average Bonchev–Trinajstić information content (AvgIpc) is 3.18. The van der Waals surface area contributed by atoms with E-state index in [1.807, 2.05) is 12.3 Å². The summed E-state index contributed by atoms with van der Waals surface area (Å²) in [6.07, 6.45) is 7.39. The molecule has 1 N–H and O–H groups in total. The van der Waals surface area contributed by atoms with Gasteiger partial charge in [-0.1, -0.05) is 12.1 Å². The zero-order valence-electron chi connectivity index (χ0n) is 12.1. The largest absolute Gasteiger partial charge is 0.293 e. The van der Waals surface area contributed by atoms with Crippen LogP contribution in [0.2, 0.25) is 0 Å². The lowest BCUT2D eigenvalue weighted by Gasteiger charge is -2.45. The van der Waals surface area contributed by atoms with E-state index in [4.69, 9.17) is 0 Å². The van der Waals surface area contributed by atoms with E-state index in [2.05, 4.69) is 21.2 Å². The molecule has 2 heterocycles. The number of aromatic nitrogens is 2. The Labute approximate surface area is 124 Å². The maximum atomic E-state index is 13.8. The van der Waals surface area contributed by atoms with E-state index in [1.165, 1.54) is 30.2 Å². The number of halogens is 1.